The van der Waals surface area contributed by atoms with Crippen LogP contribution in [0.2, 0.25) is 0 Å². The van der Waals surface area contributed by atoms with Gasteiger partial charge in [-0.1, -0.05) is 49.4 Å². The number of rotatable bonds is 8. The van der Waals surface area contributed by atoms with Crippen molar-refractivity contribution in [1.29, 1.82) is 0 Å². The van der Waals surface area contributed by atoms with E-state index in [4.69, 9.17) is 0 Å². The lowest BCUT2D eigenvalue weighted by Gasteiger charge is -2.21. The molecule has 1 aliphatic heterocycles. The molecule has 26 heavy (non-hydrogen) atoms. The summed E-state index contributed by atoms with van der Waals surface area (Å²) < 4.78 is 2.11. The number of hydrogen-bond acceptors (Lipinski definition) is 3. The lowest BCUT2D eigenvalue weighted by Crippen LogP contribution is -2.36. The third kappa shape index (κ3) is 4.61. The van der Waals surface area contributed by atoms with Gasteiger partial charge in [-0.05, 0) is 30.7 Å². The van der Waals surface area contributed by atoms with E-state index >= 15 is 0 Å². The maximum atomic E-state index is 11.7. The molecule has 2 aromatic rings. The number of allylic oxidation sites excluding steroid dienone is 2. The highest BCUT2D eigenvalue weighted by atomic mass is 16.4. The molecule has 2 atom stereocenters. The summed E-state index contributed by atoms with van der Waals surface area (Å²) in [4.78, 5) is 18.3. The maximum absolute atomic E-state index is 11.7. The molecule has 2 unspecified atom stereocenters. The number of likely N-dealkylation sites (tertiary alicyclic amines) is 1. The average Bonchev–Trinajstić information content (AvgIpc) is 3.24. The Morgan fingerprint density at radius 3 is 2.81 bits per heavy atom. The molecule has 1 aromatic carbocycles. The Labute approximate surface area is 155 Å². The first-order chi connectivity index (χ1) is 12.7. The summed E-state index contributed by atoms with van der Waals surface area (Å²) in [5.74, 6) is 0.592. The van der Waals surface area contributed by atoms with Crippen molar-refractivity contribution in [3.05, 3.63) is 66.3 Å². The highest BCUT2D eigenvalue weighted by molar-refractivity contribution is 5.73. The van der Waals surface area contributed by atoms with Crippen molar-refractivity contribution in [3.63, 3.8) is 0 Å². The zero-order chi connectivity index (χ0) is 18.4. The fraction of sp³-hybridized carbons (Fsp3) is 0.429. The Morgan fingerprint density at radius 2 is 2.08 bits per heavy atom. The molecule has 0 spiro atoms. The van der Waals surface area contributed by atoms with Gasteiger partial charge < -0.3 is 9.67 Å². The second-order valence-corrected chi connectivity index (χ2v) is 6.96. The molecule has 3 rings (SSSR count). The van der Waals surface area contributed by atoms with Crippen LogP contribution < -0.4 is 0 Å². The fourth-order valence-corrected chi connectivity index (χ4v) is 3.65. The smallest absolute Gasteiger partial charge is 0.320 e. The van der Waals surface area contributed by atoms with Crippen LogP contribution in [-0.2, 0) is 17.9 Å². The van der Waals surface area contributed by atoms with Crippen molar-refractivity contribution >= 4 is 5.97 Å². The van der Waals surface area contributed by atoms with Crippen molar-refractivity contribution in [2.75, 3.05) is 6.54 Å². The molecule has 1 N–H and O–H groups in total. The van der Waals surface area contributed by atoms with Crippen LogP contribution in [0.4, 0.5) is 0 Å². The van der Waals surface area contributed by atoms with Crippen LogP contribution in [0.25, 0.3) is 0 Å². The zero-order valence-electron chi connectivity index (χ0n) is 15.3. The summed E-state index contributed by atoms with van der Waals surface area (Å²) in [5, 5.41) is 9.62. The van der Waals surface area contributed by atoms with Crippen LogP contribution in [-0.4, -0.2) is 38.1 Å². The molecule has 1 saturated heterocycles. The molecule has 1 aliphatic rings. The van der Waals surface area contributed by atoms with Crippen LogP contribution in [0.15, 0.2) is 54.9 Å². The van der Waals surface area contributed by atoms with Crippen LogP contribution in [0.5, 0.6) is 0 Å². The third-order valence-electron chi connectivity index (χ3n) is 4.99. The first kappa shape index (κ1) is 18.4. The van der Waals surface area contributed by atoms with Crippen LogP contribution in [0.3, 0.4) is 0 Å². The van der Waals surface area contributed by atoms with E-state index in [-0.39, 0.29) is 0 Å². The molecule has 5 nitrogen and oxygen atoms in total. The summed E-state index contributed by atoms with van der Waals surface area (Å²) >= 11 is 0. The number of imidazole rings is 1. The maximum Gasteiger partial charge on any atom is 0.320 e. The zero-order valence-corrected chi connectivity index (χ0v) is 15.3. The van der Waals surface area contributed by atoms with E-state index in [1.54, 1.807) is 6.20 Å². The van der Waals surface area contributed by atoms with Crippen LogP contribution in [0.1, 0.15) is 37.6 Å². The average molecular weight is 353 g/mol. The number of carboxylic acids is 1. The van der Waals surface area contributed by atoms with Crippen molar-refractivity contribution in [3.8, 4) is 0 Å². The highest BCUT2D eigenvalue weighted by Crippen LogP contribution is 2.28. The molecule has 138 valence electrons. The number of aliphatic carboxylic acids is 1. The summed E-state index contributed by atoms with van der Waals surface area (Å²) in [6, 6.07) is 9.83. The molecule has 1 fully saturated rings. The van der Waals surface area contributed by atoms with Crippen LogP contribution in [0, 0.1) is 5.92 Å². The van der Waals surface area contributed by atoms with Gasteiger partial charge in [0.15, 0.2) is 0 Å². The van der Waals surface area contributed by atoms with Gasteiger partial charge in [0, 0.05) is 25.5 Å². The predicted octanol–water partition coefficient (Wildman–Crippen LogP) is 3.56. The minimum atomic E-state index is -0.729. The molecule has 0 saturated carbocycles. The topological polar surface area (TPSA) is 58.4 Å². The van der Waals surface area contributed by atoms with Crippen molar-refractivity contribution < 1.29 is 9.90 Å². The molecule has 5 heteroatoms. The standard InChI is InChI=1S/C21H27N3O2/c1-2-3-5-10-18-13-19(21(25)26)24(15-18)16-20-22-11-12-23(20)14-17-8-6-4-7-9-17/h3-9,11-12,18-19H,2,10,13-16H2,1H3,(H,25,26). The molecule has 0 bridgehead atoms. The van der Waals surface area contributed by atoms with E-state index < -0.39 is 12.0 Å². The van der Waals surface area contributed by atoms with E-state index in [1.807, 2.05) is 24.4 Å². The normalized spacial score (nSPS) is 20.8. The van der Waals surface area contributed by atoms with E-state index in [0.717, 1.165) is 31.8 Å². The molecular formula is C21H27N3O2. The van der Waals surface area contributed by atoms with Gasteiger partial charge in [0.1, 0.15) is 11.9 Å². The largest absolute Gasteiger partial charge is 0.480 e. The minimum absolute atomic E-state index is 0.399. The number of carbonyl (C=O) groups is 1. The lowest BCUT2D eigenvalue weighted by molar-refractivity contribution is -0.142. The van der Waals surface area contributed by atoms with Gasteiger partial charge in [-0.25, -0.2) is 4.98 Å². The monoisotopic (exact) mass is 353 g/mol. The SMILES string of the molecule is CCC=CCC1CC(C(=O)O)N(Cc2nccn2Cc2ccccc2)C1. The Balaban J connectivity index is 1.68. The van der Waals surface area contributed by atoms with Gasteiger partial charge in [0.05, 0.1) is 6.54 Å². The van der Waals surface area contributed by atoms with Crippen molar-refractivity contribution in [2.45, 2.75) is 45.3 Å². The first-order valence-corrected chi connectivity index (χ1v) is 9.33. The first-order valence-electron chi connectivity index (χ1n) is 9.33. The van der Waals surface area contributed by atoms with Gasteiger partial charge in [-0.2, -0.15) is 0 Å². The number of aromatic nitrogens is 2. The Morgan fingerprint density at radius 1 is 1.27 bits per heavy atom. The Hall–Kier alpha value is -2.40. The quantitative estimate of drug-likeness (QED) is 0.737. The molecule has 0 aliphatic carbocycles. The third-order valence-corrected chi connectivity index (χ3v) is 4.99. The van der Waals surface area contributed by atoms with Gasteiger partial charge in [0.25, 0.3) is 0 Å². The Kier molecular flexibility index (Phi) is 6.23. The van der Waals surface area contributed by atoms with E-state index in [2.05, 4.69) is 45.7 Å². The van der Waals surface area contributed by atoms with Gasteiger partial charge >= 0.3 is 5.97 Å². The lowest BCUT2D eigenvalue weighted by atomic mass is 10.0. The summed E-state index contributed by atoms with van der Waals surface area (Å²) in [6.07, 6.45) is 10.8. The second-order valence-electron chi connectivity index (χ2n) is 6.96. The summed E-state index contributed by atoms with van der Waals surface area (Å²) in [5.41, 5.74) is 1.21. The summed E-state index contributed by atoms with van der Waals surface area (Å²) in [6.45, 7) is 4.25. The van der Waals surface area contributed by atoms with Crippen molar-refractivity contribution in [1.82, 2.24) is 14.5 Å². The highest BCUT2D eigenvalue weighted by Gasteiger charge is 2.36. The summed E-state index contributed by atoms with van der Waals surface area (Å²) in [7, 11) is 0. The number of nitrogens with zero attached hydrogens (tertiary/aromatic N) is 3. The van der Waals surface area contributed by atoms with Gasteiger partial charge in [0.2, 0.25) is 0 Å². The molecule has 0 radical (unpaired) electrons. The molecule has 1 aromatic heterocycles. The molecular weight excluding hydrogens is 326 g/mol. The Bertz CT molecular complexity index is 739. The molecule has 0 amide bonds. The minimum Gasteiger partial charge on any atom is -0.480 e. The van der Waals surface area contributed by atoms with E-state index in [9.17, 15) is 9.90 Å². The van der Waals surface area contributed by atoms with E-state index in [1.165, 1.54) is 5.56 Å². The fourth-order valence-electron chi connectivity index (χ4n) is 3.65. The molecule has 2 heterocycles. The van der Waals surface area contributed by atoms with E-state index in [0.29, 0.717) is 18.9 Å². The van der Waals surface area contributed by atoms with Crippen LogP contribution >= 0.6 is 0 Å². The van der Waals surface area contributed by atoms with Crippen molar-refractivity contribution in [2.24, 2.45) is 5.92 Å². The van der Waals surface area contributed by atoms with Gasteiger partial charge in [-0.3, -0.25) is 9.69 Å². The predicted molar refractivity (Wildman–Crippen MR) is 102 cm³/mol. The number of hydrogen-bond donors (Lipinski definition) is 1. The number of carboxylic acid groups (broad SMARTS) is 1. The van der Waals surface area contributed by atoms with Gasteiger partial charge in [-0.15, -0.1) is 0 Å². The number of benzene rings is 1. The second kappa shape index (κ2) is 8.81.